The van der Waals surface area contributed by atoms with E-state index in [4.69, 9.17) is 0 Å². The standard InChI is InChI=1S/C16H14N4OS/c1-11-8-18-14(9-17-11)15(21)20(13-6-4-3-5-7-13)16-19-12(2)10-22-16/h3-10H,1-2H3. The van der Waals surface area contributed by atoms with Gasteiger partial charge in [0.1, 0.15) is 5.69 Å². The molecule has 0 N–H and O–H groups in total. The average molecular weight is 310 g/mol. The third-order valence-electron chi connectivity index (χ3n) is 3.02. The van der Waals surface area contributed by atoms with Crippen molar-refractivity contribution in [3.05, 3.63) is 65.2 Å². The summed E-state index contributed by atoms with van der Waals surface area (Å²) in [5.74, 6) is -0.243. The van der Waals surface area contributed by atoms with Crippen molar-refractivity contribution in [2.75, 3.05) is 4.90 Å². The Morgan fingerprint density at radius 3 is 2.41 bits per heavy atom. The predicted molar refractivity (Wildman–Crippen MR) is 86.5 cm³/mol. The van der Waals surface area contributed by atoms with E-state index >= 15 is 0 Å². The average Bonchev–Trinajstić information content (AvgIpc) is 2.95. The molecule has 2 aromatic heterocycles. The van der Waals surface area contributed by atoms with Gasteiger partial charge >= 0.3 is 0 Å². The summed E-state index contributed by atoms with van der Waals surface area (Å²) in [6, 6.07) is 9.42. The number of nitrogens with zero attached hydrogens (tertiary/aromatic N) is 4. The number of aromatic nitrogens is 3. The van der Waals surface area contributed by atoms with Gasteiger partial charge in [-0.1, -0.05) is 18.2 Å². The van der Waals surface area contributed by atoms with Gasteiger partial charge in [0.2, 0.25) is 0 Å². The van der Waals surface area contributed by atoms with E-state index in [1.807, 2.05) is 49.6 Å². The van der Waals surface area contributed by atoms with Crippen LogP contribution >= 0.6 is 11.3 Å². The molecule has 1 amide bonds. The van der Waals surface area contributed by atoms with Crippen molar-refractivity contribution in [3.63, 3.8) is 0 Å². The van der Waals surface area contributed by atoms with Gasteiger partial charge in [0.15, 0.2) is 5.13 Å². The van der Waals surface area contributed by atoms with Gasteiger partial charge < -0.3 is 0 Å². The zero-order valence-corrected chi connectivity index (χ0v) is 13.0. The predicted octanol–water partition coefficient (Wildman–Crippen LogP) is 3.53. The van der Waals surface area contributed by atoms with Gasteiger partial charge in [-0.15, -0.1) is 11.3 Å². The summed E-state index contributed by atoms with van der Waals surface area (Å²) in [6.07, 6.45) is 3.08. The van der Waals surface area contributed by atoms with Gasteiger partial charge in [0, 0.05) is 11.6 Å². The topological polar surface area (TPSA) is 59.0 Å². The minimum atomic E-state index is -0.243. The van der Waals surface area contributed by atoms with Crippen molar-refractivity contribution >= 4 is 28.1 Å². The fourth-order valence-corrected chi connectivity index (χ4v) is 2.77. The van der Waals surface area contributed by atoms with Crippen LogP contribution in [0.15, 0.2) is 48.1 Å². The second kappa shape index (κ2) is 6.03. The van der Waals surface area contributed by atoms with Gasteiger partial charge in [-0.2, -0.15) is 0 Å². The van der Waals surface area contributed by atoms with Crippen LogP contribution in [0.1, 0.15) is 21.9 Å². The number of carbonyl (C=O) groups excluding carboxylic acids is 1. The molecule has 0 spiro atoms. The lowest BCUT2D eigenvalue weighted by Crippen LogP contribution is -2.27. The Morgan fingerprint density at radius 2 is 1.82 bits per heavy atom. The molecule has 0 aliphatic carbocycles. The summed E-state index contributed by atoms with van der Waals surface area (Å²) in [7, 11) is 0. The number of thiazole rings is 1. The molecule has 0 aliphatic heterocycles. The molecule has 0 fully saturated rings. The second-order valence-corrected chi connectivity index (χ2v) is 5.63. The van der Waals surface area contributed by atoms with E-state index in [-0.39, 0.29) is 5.91 Å². The highest BCUT2D eigenvalue weighted by molar-refractivity contribution is 7.14. The maximum Gasteiger partial charge on any atom is 0.284 e. The fourth-order valence-electron chi connectivity index (χ4n) is 1.95. The van der Waals surface area contributed by atoms with Crippen LogP contribution in [0.4, 0.5) is 10.8 Å². The quantitative estimate of drug-likeness (QED) is 0.742. The molecule has 2 heterocycles. The van der Waals surface area contributed by atoms with Crippen molar-refractivity contribution < 1.29 is 4.79 Å². The Hall–Kier alpha value is -2.60. The maximum atomic E-state index is 12.9. The van der Waals surface area contributed by atoms with Crippen LogP contribution < -0.4 is 4.90 Å². The summed E-state index contributed by atoms with van der Waals surface area (Å²) >= 11 is 1.42. The van der Waals surface area contributed by atoms with Gasteiger partial charge in [-0.25, -0.2) is 9.97 Å². The normalized spacial score (nSPS) is 10.5. The van der Waals surface area contributed by atoms with Crippen LogP contribution in [-0.2, 0) is 0 Å². The Labute approximate surface area is 132 Å². The first-order valence-corrected chi connectivity index (χ1v) is 7.63. The van der Waals surface area contributed by atoms with Crippen LogP contribution in [0.25, 0.3) is 0 Å². The lowest BCUT2D eigenvalue weighted by atomic mass is 10.2. The molecular formula is C16H14N4OS. The first-order chi connectivity index (χ1) is 10.6. The Kier molecular flexibility index (Phi) is 3.93. The molecule has 5 nitrogen and oxygen atoms in total. The lowest BCUT2D eigenvalue weighted by molar-refractivity contribution is 0.0994. The molecule has 3 aromatic rings. The summed E-state index contributed by atoms with van der Waals surface area (Å²) in [5.41, 5.74) is 2.70. The van der Waals surface area contributed by atoms with Crippen LogP contribution in [-0.4, -0.2) is 20.9 Å². The number of benzene rings is 1. The largest absolute Gasteiger partial charge is 0.284 e. The SMILES string of the molecule is Cc1cnc(C(=O)N(c2ccccc2)c2nc(C)cs2)cn1. The molecule has 22 heavy (non-hydrogen) atoms. The van der Waals surface area contributed by atoms with Crippen molar-refractivity contribution in [1.82, 2.24) is 15.0 Å². The zero-order valence-electron chi connectivity index (χ0n) is 12.2. The molecule has 3 rings (SSSR count). The Morgan fingerprint density at radius 1 is 1.05 bits per heavy atom. The summed E-state index contributed by atoms with van der Waals surface area (Å²) in [6.45, 7) is 3.74. The van der Waals surface area contributed by atoms with E-state index in [2.05, 4.69) is 15.0 Å². The van der Waals surface area contributed by atoms with Gasteiger partial charge in [-0.05, 0) is 26.0 Å². The summed E-state index contributed by atoms with van der Waals surface area (Å²) in [5, 5.41) is 2.54. The third-order valence-corrected chi connectivity index (χ3v) is 3.96. The van der Waals surface area contributed by atoms with Crippen molar-refractivity contribution in [1.29, 1.82) is 0 Å². The van der Waals surface area contributed by atoms with Crippen LogP contribution in [0.5, 0.6) is 0 Å². The molecule has 0 saturated carbocycles. The molecule has 6 heteroatoms. The van der Waals surface area contributed by atoms with Gasteiger partial charge in [-0.3, -0.25) is 14.7 Å². The van der Waals surface area contributed by atoms with Gasteiger partial charge in [0.25, 0.3) is 5.91 Å². The molecule has 0 aliphatic rings. The molecule has 1 aromatic carbocycles. The number of amides is 1. The Bertz CT molecular complexity index is 783. The second-order valence-electron chi connectivity index (χ2n) is 4.79. The molecule has 0 radical (unpaired) electrons. The van der Waals surface area contributed by atoms with Crippen molar-refractivity contribution in [3.8, 4) is 0 Å². The van der Waals surface area contributed by atoms with E-state index in [1.165, 1.54) is 17.5 Å². The van der Waals surface area contributed by atoms with Crippen LogP contribution in [0, 0.1) is 13.8 Å². The number of carbonyl (C=O) groups is 1. The van der Waals surface area contributed by atoms with E-state index in [1.54, 1.807) is 11.1 Å². The number of hydrogen-bond donors (Lipinski definition) is 0. The monoisotopic (exact) mass is 310 g/mol. The van der Waals surface area contributed by atoms with E-state index in [0.29, 0.717) is 10.8 Å². The molecule has 0 atom stereocenters. The number of para-hydroxylation sites is 1. The highest BCUT2D eigenvalue weighted by atomic mass is 32.1. The molecular weight excluding hydrogens is 296 g/mol. The van der Waals surface area contributed by atoms with E-state index in [0.717, 1.165) is 17.1 Å². The fraction of sp³-hybridized carbons (Fsp3) is 0.125. The maximum absolute atomic E-state index is 12.9. The van der Waals surface area contributed by atoms with Crippen LogP contribution in [0.3, 0.4) is 0 Å². The molecule has 110 valence electrons. The first-order valence-electron chi connectivity index (χ1n) is 6.75. The molecule has 0 saturated heterocycles. The number of aryl methyl sites for hydroxylation is 2. The van der Waals surface area contributed by atoms with Crippen molar-refractivity contribution in [2.45, 2.75) is 13.8 Å². The van der Waals surface area contributed by atoms with Crippen molar-refractivity contribution in [2.24, 2.45) is 0 Å². The zero-order chi connectivity index (χ0) is 15.5. The highest BCUT2D eigenvalue weighted by Crippen LogP contribution is 2.29. The van der Waals surface area contributed by atoms with E-state index in [9.17, 15) is 4.79 Å². The lowest BCUT2D eigenvalue weighted by Gasteiger charge is -2.19. The minimum absolute atomic E-state index is 0.243. The third kappa shape index (κ3) is 2.87. The number of hydrogen-bond acceptors (Lipinski definition) is 5. The summed E-state index contributed by atoms with van der Waals surface area (Å²) in [4.78, 5) is 27.2. The number of anilines is 2. The van der Waals surface area contributed by atoms with E-state index < -0.39 is 0 Å². The number of rotatable bonds is 3. The summed E-state index contributed by atoms with van der Waals surface area (Å²) < 4.78 is 0. The van der Waals surface area contributed by atoms with Gasteiger partial charge in [0.05, 0.1) is 23.3 Å². The Balaban J connectivity index is 2.05. The minimum Gasteiger partial charge on any atom is -0.266 e. The highest BCUT2D eigenvalue weighted by Gasteiger charge is 2.23. The van der Waals surface area contributed by atoms with Crippen LogP contribution in [0.2, 0.25) is 0 Å². The molecule has 0 unspecified atom stereocenters. The molecule has 0 bridgehead atoms. The first kappa shape index (κ1) is 14.3. The smallest absolute Gasteiger partial charge is 0.266 e.